The van der Waals surface area contributed by atoms with Crippen LogP contribution in [0.3, 0.4) is 0 Å². The molecule has 0 amide bonds. The maximum atomic E-state index is 12.4. The number of aromatic nitrogens is 1. The first-order valence-electron chi connectivity index (χ1n) is 5.53. The molecule has 3 rings (SSSR count). The summed E-state index contributed by atoms with van der Waals surface area (Å²) in [6, 6.07) is 9.69. The van der Waals surface area contributed by atoms with Gasteiger partial charge in [0.2, 0.25) is 5.78 Å². The first-order chi connectivity index (χ1) is 8.25. The van der Waals surface area contributed by atoms with Crippen LogP contribution in [0.25, 0.3) is 0 Å². The third kappa shape index (κ3) is 1.80. The van der Waals surface area contributed by atoms with Crippen LogP contribution in [0.4, 0.5) is 0 Å². The molecule has 0 radical (unpaired) electrons. The van der Waals surface area contributed by atoms with Crippen molar-refractivity contribution in [2.45, 2.75) is 12.8 Å². The van der Waals surface area contributed by atoms with Crippen molar-refractivity contribution in [2.75, 3.05) is 0 Å². The molecule has 1 aromatic heterocycles. The summed E-state index contributed by atoms with van der Waals surface area (Å²) < 4.78 is 1.02. The summed E-state index contributed by atoms with van der Waals surface area (Å²) >= 11 is 3.44. The molecule has 1 heterocycles. The van der Waals surface area contributed by atoms with E-state index in [0.29, 0.717) is 5.69 Å². The van der Waals surface area contributed by atoms with Gasteiger partial charge in [-0.15, -0.1) is 0 Å². The number of pyridine rings is 1. The normalized spacial score (nSPS) is 13.8. The maximum absolute atomic E-state index is 12.4. The summed E-state index contributed by atoms with van der Waals surface area (Å²) in [6.45, 7) is 0. The molecule has 2 nitrogen and oxygen atoms in total. The Morgan fingerprint density at radius 3 is 2.82 bits per heavy atom. The van der Waals surface area contributed by atoms with E-state index in [1.165, 1.54) is 0 Å². The van der Waals surface area contributed by atoms with Gasteiger partial charge in [-0.05, 0) is 48.2 Å². The van der Waals surface area contributed by atoms with Crippen LogP contribution in [-0.2, 0) is 12.8 Å². The van der Waals surface area contributed by atoms with E-state index in [2.05, 4.69) is 20.9 Å². The second kappa shape index (κ2) is 4.08. The molecule has 0 saturated carbocycles. The number of nitrogens with zero attached hydrogens (tertiary/aromatic N) is 1. The summed E-state index contributed by atoms with van der Waals surface area (Å²) in [5.74, 6) is 0.0422. The van der Waals surface area contributed by atoms with E-state index in [1.54, 1.807) is 6.20 Å². The van der Waals surface area contributed by atoms with Crippen molar-refractivity contribution in [3.63, 3.8) is 0 Å². The topological polar surface area (TPSA) is 30.0 Å². The Balaban J connectivity index is 2.20. The Hall–Kier alpha value is -1.48. The Bertz CT molecular complexity index is 607. The van der Waals surface area contributed by atoms with Crippen molar-refractivity contribution in [1.29, 1.82) is 0 Å². The van der Waals surface area contributed by atoms with Crippen LogP contribution in [0, 0.1) is 0 Å². The van der Waals surface area contributed by atoms with Gasteiger partial charge in [0, 0.05) is 16.2 Å². The molecule has 0 unspecified atom stereocenters. The monoisotopic (exact) mass is 287 g/mol. The zero-order chi connectivity index (χ0) is 11.8. The number of benzene rings is 1. The summed E-state index contributed by atoms with van der Waals surface area (Å²) in [6.07, 6.45) is 3.44. The molecule has 17 heavy (non-hydrogen) atoms. The zero-order valence-corrected chi connectivity index (χ0v) is 10.7. The molecule has 0 fully saturated rings. The number of hydrogen-bond donors (Lipinski definition) is 0. The summed E-state index contributed by atoms with van der Waals surface area (Å²) in [5.41, 5.74) is 3.53. The highest BCUT2D eigenvalue weighted by Crippen LogP contribution is 2.25. The van der Waals surface area contributed by atoms with Gasteiger partial charge in [-0.2, -0.15) is 0 Å². The Morgan fingerprint density at radius 2 is 1.94 bits per heavy atom. The first-order valence-corrected chi connectivity index (χ1v) is 6.32. The number of aryl methyl sites for hydroxylation is 2. The molecule has 1 aliphatic rings. The molecule has 0 atom stereocenters. The number of ketones is 1. The number of carbonyl (C=O) groups excluding carboxylic acids is 1. The van der Waals surface area contributed by atoms with Crippen molar-refractivity contribution in [2.24, 2.45) is 0 Å². The molecular formula is C14H10BrNO. The van der Waals surface area contributed by atoms with E-state index in [1.807, 2.05) is 30.3 Å². The number of hydrogen-bond acceptors (Lipinski definition) is 2. The third-order valence-electron chi connectivity index (χ3n) is 3.08. The van der Waals surface area contributed by atoms with Gasteiger partial charge < -0.3 is 0 Å². The highest BCUT2D eigenvalue weighted by molar-refractivity contribution is 9.10. The van der Waals surface area contributed by atoms with Crippen molar-refractivity contribution in [1.82, 2.24) is 4.98 Å². The number of fused-ring (bicyclic) bond motifs is 2. The molecule has 0 bridgehead atoms. The Kier molecular flexibility index (Phi) is 2.56. The van der Waals surface area contributed by atoms with E-state index < -0.39 is 0 Å². The van der Waals surface area contributed by atoms with Gasteiger partial charge in [0.1, 0.15) is 5.69 Å². The minimum atomic E-state index is 0.0422. The van der Waals surface area contributed by atoms with Gasteiger partial charge in [-0.25, -0.2) is 0 Å². The van der Waals surface area contributed by atoms with Crippen LogP contribution in [0.15, 0.2) is 41.0 Å². The number of halogens is 1. The SMILES string of the molecule is O=C1c2ccc(Br)cc2CCc2cccnc21. The summed E-state index contributed by atoms with van der Waals surface area (Å²) in [5, 5.41) is 0. The van der Waals surface area contributed by atoms with Gasteiger partial charge >= 0.3 is 0 Å². The van der Waals surface area contributed by atoms with Crippen LogP contribution in [-0.4, -0.2) is 10.8 Å². The van der Waals surface area contributed by atoms with E-state index in [-0.39, 0.29) is 5.78 Å². The predicted octanol–water partition coefficient (Wildman–Crippen LogP) is 3.17. The molecular weight excluding hydrogens is 278 g/mol. The lowest BCUT2D eigenvalue weighted by atomic mass is 10.0. The lowest BCUT2D eigenvalue weighted by Gasteiger charge is -2.04. The molecule has 1 aliphatic carbocycles. The smallest absolute Gasteiger partial charge is 0.211 e. The first kappa shape index (κ1) is 10.7. The summed E-state index contributed by atoms with van der Waals surface area (Å²) in [4.78, 5) is 16.6. The largest absolute Gasteiger partial charge is 0.287 e. The van der Waals surface area contributed by atoms with Gasteiger partial charge in [0.15, 0.2) is 0 Å². The molecule has 1 aromatic carbocycles. The van der Waals surface area contributed by atoms with Crippen LogP contribution < -0.4 is 0 Å². The van der Waals surface area contributed by atoms with Gasteiger partial charge in [0.25, 0.3) is 0 Å². The quantitative estimate of drug-likeness (QED) is 0.745. The number of rotatable bonds is 0. The minimum Gasteiger partial charge on any atom is -0.287 e. The molecule has 2 aromatic rings. The average molecular weight is 288 g/mol. The fraction of sp³-hybridized carbons (Fsp3) is 0.143. The second-order valence-electron chi connectivity index (χ2n) is 4.14. The van der Waals surface area contributed by atoms with Crippen molar-refractivity contribution >= 4 is 21.7 Å². The minimum absolute atomic E-state index is 0.0422. The predicted molar refractivity (Wildman–Crippen MR) is 69.2 cm³/mol. The van der Waals surface area contributed by atoms with E-state index in [4.69, 9.17) is 0 Å². The van der Waals surface area contributed by atoms with Crippen molar-refractivity contribution < 1.29 is 4.79 Å². The van der Waals surface area contributed by atoms with Crippen molar-refractivity contribution in [3.8, 4) is 0 Å². The fourth-order valence-electron chi connectivity index (χ4n) is 2.23. The van der Waals surface area contributed by atoms with Gasteiger partial charge in [0.05, 0.1) is 0 Å². The molecule has 84 valence electrons. The molecule has 0 aliphatic heterocycles. The highest BCUT2D eigenvalue weighted by Gasteiger charge is 2.21. The van der Waals surface area contributed by atoms with Crippen LogP contribution in [0.5, 0.6) is 0 Å². The Labute approximate surface area is 108 Å². The zero-order valence-electron chi connectivity index (χ0n) is 9.11. The summed E-state index contributed by atoms with van der Waals surface area (Å²) in [7, 11) is 0. The van der Waals surface area contributed by atoms with E-state index in [0.717, 1.165) is 34.0 Å². The van der Waals surface area contributed by atoms with Crippen LogP contribution in [0.1, 0.15) is 27.2 Å². The van der Waals surface area contributed by atoms with Crippen molar-refractivity contribution in [3.05, 3.63) is 63.4 Å². The molecule has 0 spiro atoms. The fourth-order valence-corrected chi connectivity index (χ4v) is 2.64. The average Bonchev–Trinajstić information content (AvgIpc) is 2.48. The standard InChI is InChI=1S/C14H10BrNO/c15-11-5-6-12-10(8-11)4-3-9-2-1-7-16-13(9)14(12)17/h1-2,5-8H,3-4H2. The molecule has 0 N–H and O–H groups in total. The highest BCUT2D eigenvalue weighted by atomic mass is 79.9. The second-order valence-corrected chi connectivity index (χ2v) is 5.06. The Morgan fingerprint density at radius 1 is 1.12 bits per heavy atom. The lowest BCUT2D eigenvalue weighted by Crippen LogP contribution is -2.06. The van der Waals surface area contributed by atoms with Crippen LogP contribution in [0.2, 0.25) is 0 Å². The van der Waals surface area contributed by atoms with Gasteiger partial charge in [-0.3, -0.25) is 9.78 Å². The lowest BCUT2D eigenvalue weighted by molar-refractivity contribution is 0.103. The molecule has 3 heteroatoms. The molecule has 0 saturated heterocycles. The van der Waals surface area contributed by atoms with E-state index in [9.17, 15) is 4.79 Å². The van der Waals surface area contributed by atoms with Gasteiger partial charge in [-0.1, -0.05) is 22.0 Å². The third-order valence-corrected chi connectivity index (χ3v) is 3.58. The van der Waals surface area contributed by atoms with Crippen LogP contribution >= 0.6 is 15.9 Å². The number of carbonyl (C=O) groups is 1. The van der Waals surface area contributed by atoms with E-state index >= 15 is 0 Å². The maximum Gasteiger partial charge on any atom is 0.211 e.